The van der Waals surface area contributed by atoms with E-state index in [2.05, 4.69) is 4.98 Å². The van der Waals surface area contributed by atoms with Crippen LogP contribution < -0.4 is 0 Å². The van der Waals surface area contributed by atoms with Crippen molar-refractivity contribution in [1.82, 2.24) is 9.38 Å². The number of pyridine rings is 1. The van der Waals surface area contributed by atoms with Crippen LogP contribution in [0.15, 0.2) is 54.9 Å². The zero-order chi connectivity index (χ0) is 14.8. The van der Waals surface area contributed by atoms with Crippen LogP contribution in [0, 0.1) is 6.92 Å². The van der Waals surface area contributed by atoms with Gasteiger partial charge in [0.05, 0.1) is 12.1 Å². The second-order valence-corrected chi connectivity index (χ2v) is 5.18. The topological polar surface area (TPSA) is 54.6 Å². The number of fused-ring (bicyclic) bond motifs is 1. The Kier molecular flexibility index (Phi) is 3.44. The molecule has 0 saturated carbocycles. The molecule has 4 heteroatoms. The van der Waals surface area contributed by atoms with E-state index in [9.17, 15) is 9.90 Å². The van der Waals surface area contributed by atoms with Gasteiger partial charge >= 0.3 is 5.97 Å². The number of carboxylic acid groups (broad SMARTS) is 1. The van der Waals surface area contributed by atoms with Crippen LogP contribution in [0.4, 0.5) is 0 Å². The maximum absolute atomic E-state index is 11.3. The quantitative estimate of drug-likeness (QED) is 0.798. The molecule has 0 fully saturated rings. The number of aromatic nitrogens is 2. The molecule has 0 amide bonds. The number of carboxylic acids is 1. The fourth-order valence-electron chi connectivity index (χ4n) is 2.66. The minimum absolute atomic E-state index is 0.0478. The lowest BCUT2D eigenvalue weighted by atomic mass is 9.92. The summed E-state index contributed by atoms with van der Waals surface area (Å²) in [6, 6.07) is 13.7. The number of carbonyl (C=O) groups is 1. The summed E-state index contributed by atoms with van der Waals surface area (Å²) in [7, 11) is 0. The lowest BCUT2D eigenvalue weighted by molar-refractivity contribution is -0.137. The molecule has 2 aromatic heterocycles. The van der Waals surface area contributed by atoms with Crippen LogP contribution in [0.1, 0.15) is 29.2 Å². The van der Waals surface area contributed by atoms with Gasteiger partial charge in [0, 0.05) is 18.3 Å². The third kappa shape index (κ3) is 2.65. The third-order valence-corrected chi connectivity index (χ3v) is 3.63. The van der Waals surface area contributed by atoms with Crippen molar-refractivity contribution in [3.8, 4) is 0 Å². The predicted octanol–water partition coefficient (Wildman–Crippen LogP) is 3.25. The summed E-state index contributed by atoms with van der Waals surface area (Å²) in [6.07, 6.45) is 3.74. The molecule has 1 aromatic carbocycles. The van der Waals surface area contributed by atoms with Gasteiger partial charge in [-0.1, -0.05) is 35.9 Å². The van der Waals surface area contributed by atoms with Crippen LogP contribution in [0.2, 0.25) is 0 Å². The van der Waals surface area contributed by atoms with Crippen molar-refractivity contribution in [2.45, 2.75) is 19.3 Å². The van der Waals surface area contributed by atoms with Crippen LogP contribution in [-0.4, -0.2) is 20.5 Å². The molecule has 1 N–H and O–H groups in total. The van der Waals surface area contributed by atoms with Crippen LogP contribution in [0.5, 0.6) is 0 Å². The van der Waals surface area contributed by atoms with Gasteiger partial charge in [-0.3, -0.25) is 4.79 Å². The Morgan fingerprint density at radius 3 is 2.90 bits per heavy atom. The van der Waals surface area contributed by atoms with E-state index in [1.165, 1.54) is 0 Å². The lowest BCUT2D eigenvalue weighted by Crippen LogP contribution is -2.10. The van der Waals surface area contributed by atoms with Crippen LogP contribution >= 0.6 is 0 Å². The van der Waals surface area contributed by atoms with Crippen LogP contribution in [0.3, 0.4) is 0 Å². The molecule has 0 aliphatic heterocycles. The summed E-state index contributed by atoms with van der Waals surface area (Å²) in [5.74, 6) is -1.02. The molecule has 0 aliphatic carbocycles. The molecule has 0 aliphatic rings. The smallest absolute Gasteiger partial charge is 0.304 e. The van der Waals surface area contributed by atoms with Gasteiger partial charge in [0.25, 0.3) is 0 Å². The van der Waals surface area contributed by atoms with Crippen molar-refractivity contribution in [2.75, 3.05) is 0 Å². The highest BCUT2D eigenvalue weighted by Gasteiger charge is 2.21. The van der Waals surface area contributed by atoms with E-state index in [4.69, 9.17) is 0 Å². The number of aliphatic carboxylic acids is 1. The van der Waals surface area contributed by atoms with Gasteiger partial charge in [0.15, 0.2) is 0 Å². The Balaban J connectivity index is 2.13. The summed E-state index contributed by atoms with van der Waals surface area (Å²) in [4.78, 5) is 15.6. The minimum atomic E-state index is -0.813. The molecule has 0 spiro atoms. The van der Waals surface area contributed by atoms with Gasteiger partial charge in [-0.2, -0.15) is 0 Å². The van der Waals surface area contributed by atoms with Crippen molar-refractivity contribution in [1.29, 1.82) is 0 Å². The molecule has 1 unspecified atom stereocenters. The Morgan fingerprint density at radius 1 is 1.29 bits per heavy atom. The molecule has 0 bridgehead atoms. The monoisotopic (exact) mass is 280 g/mol. The zero-order valence-electron chi connectivity index (χ0n) is 11.7. The lowest BCUT2D eigenvalue weighted by Gasteiger charge is -2.16. The summed E-state index contributed by atoms with van der Waals surface area (Å²) in [5, 5.41) is 9.26. The Morgan fingerprint density at radius 2 is 2.14 bits per heavy atom. The molecule has 0 radical (unpaired) electrons. The molecule has 3 rings (SSSR count). The molecule has 0 saturated heterocycles. The first-order chi connectivity index (χ1) is 10.1. The SMILES string of the molecule is Cc1cccc(C(CC(=O)O)c2cnc3ccccn23)c1. The molecular weight excluding hydrogens is 264 g/mol. The molecule has 4 nitrogen and oxygen atoms in total. The first kappa shape index (κ1) is 13.4. The molecule has 21 heavy (non-hydrogen) atoms. The Hall–Kier alpha value is -2.62. The second kappa shape index (κ2) is 5.40. The van der Waals surface area contributed by atoms with Gasteiger partial charge in [0.2, 0.25) is 0 Å². The summed E-state index contributed by atoms with van der Waals surface area (Å²) in [6.45, 7) is 2.01. The third-order valence-electron chi connectivity index (χ3n) is 3.63. The summed E-state index contributed by atoms with van der Waals surface area (Å²) in [5.41, 5.74) is 3.86. The number of hydrogen-bond acceptors (Lipinski definition) is 2. The standard InChI is InChI=1S/C17H16N2O2/c1-12-5-4-6-13(9-12)14(10-17(20)21)15-11-18-16-7-2-3-8-19(15)16/h2-9,11,14H,10H2,1H3,(H,20,21). The van der Waals surface area contributed by atoms with E-state index in [1.54, 1.807) is 6.20 Å². The largest absolute Gasteiger partial charge is 0.481 e. The fraction of sp³-hybridized carbons (Fsp3) is 0.176. The van der Waals surface area contributed by atoms with E-state index < -0.39 is 5.97 Å². The second-order valence-electron chi connectivity index (χ2n) is 5.18. The molecule has 106 valence electrons. The highest BCUT2D eigenvalue weighted by atomic mass is 16.4. The fourth-order valence-corrected chi connectivity index (χ4v) is 2.66. The van der Waals surface area contributed by atoms with Gasteiger partial charge in [-0.05, 0) is 24.6 Å². The first-order valence-electron chi connectivity index (χ1n) is 6.85. The van der Waals surface area contributed by atoms with Crippen molar-refractivity contribution in [2.24, 2.45) is 0 Å². The van der Waals surface area contributed by atoms with Gasteiger partial charge in [-0.15, -0.1) is 0 Å². The van der Waals surface area contributed by atoms with E-state index in [0.717, 1.165) is 22.5 Å². The number of imidazole rings is 1. The van der Waals surface area contributed by atoms with E-state index in [1.807, 2.05) is 60.0 Å². The molecule has 2 heterocycles. The summed E-state index contributed by atoms with van der Waals surface area (Å²) < 4.78 is 1.95. The normalized spacial score (nSPS) is 12.4. The molecule has 3 aromatic rings. The van der Waals surface area contributed by atoms with Crippen molar-refractivity contribution >= 4 is 11.6 Å². The summed E-state index contributed by atoms with van der Waals surface area (Å²) >= 11 is 0. The maximum atomic E-state index is 11.3. The predicted molar refractivity (Wildman–Crippen MR) is 80.5 cm³/mol. The number of aryl methyl sites for hydroxylation is 1. The average molecular weight is 280 g/mol. The van der Waals surface area contributed by atoms with E-state index in [-0.39, 0.29) is 12.3 Å². The van der Waals surface area contributed by atoms with Crippen molar-refractivity contribution < 1.29 is 9.90 Å². The van der Waals surface area contributed by atoms with Gasteiger partial charge in [-0.25, -0.2) is 4.98 Å². The number of rotatable bonds is 4. The average Bonchev–Trinajstić information content (AvgIpc) is 2.88. The maximum Gasteiger partial charge on any atom is 0.304 e. The number of benzene rings is 1. The van der Waals surface area contributed by atoms with Gasteiger partial charge < -0.3 is 9.51 Å². The Labute approximate surface area is 122 Å². The highest BCUT2D eigenvalue weighted by molar-refractivity contribution is 5.69. The Bertz CT molecular complexity index is 792. The highest BCUT2D eigenvalue weighted by Crippen LogP contribution is 2.29. The molecular formula is C17H16N2O2. The molecule has 1 atom stereocenters. The van der Waals surface area contributed by atoms with E-state index in [0.29, 0.717) is 0 Å². The van der Waals surface area contributed by atoms with Crippen molar-refractivity contribution in [3.63, 3.8) is 0 Å². The number of nitrogens with zero attached hydrogens (tertiary/aromatic N) is 2. The van der Waals surface area contributed by atoms with Crippen molar-refractivity contribution in [3.05, 3.63) is 71.7 Å². The van der Waals surface area contributed by atoms with E-state index >= 15 is 0 Å². The number of hydrogen-bond donors (Lipinski definition) is 1. The van der Waals surface area contributed by atoms with Crippen LogP contribution in [-0.2, 0) is 4.79 Å². The zero-order valence-corrected chi connectivity index (χ0v) is 11.7. The van der Waals surface area contributed by atoms with Gasteiger partial charge in [0.1, 0.15) is 5.65 Å². The van der Waals surface area contributed by atoms with Crippen LogP contribution in [0.25, 0.3) is 5.65 Å². The minimum Gasteiger partial charge on any atom is -0.481 e. The first-order valence-corrected chi connectivity index (χ1v) is 6.85.